The molecule has 0 spiro atoms. The second-order valence-electron chi connectivity index (χ2n) is 7.25. The lowest BCUT2D eigenvalue weighted by atomic mass is 10.1. The molecule has 0 aliphatic heterocycles. The molecule has 3 aromatic heterocycles. The smallest absolute Gasteiger partial charge is 0.340 e. The van der Waals surface area contributed by atoms with Crippen molar-refractivity contribution in [1.29, 1.82) is 0 Å². The average Bonchev–Trinajstić information content (AvgIpc) is 2.84. The summed E-state index contributed by atoms with van der Waals surface area (Å²) in [6.07, 6.45) is 1.89. The summed E-state index contributed by atoms with van der Waals surface area (Å²) in [4.78, 5) is 20.0. The molecule has 0 radical (unpaired) electrons. The van der Waals surface area contributed by atoms with Gasteiger partial charge in [0.25, 0.3) is 21.8 Å². The van der Waals surface area contributed by atoms with Crippen molar-refractivity contribution in [2.24, 2.45) is 0 Å². The number of anilines is 1. The number of thioether (sulfide) groups is 1. The first-order valence-corrected chi connectivity index (χ1v) is 12.6. The van der Waals surface area contributed by atoms with E-state index >= 15 is 0 Å². The molecular formula is C22H16F4N4O5S2. The molecule has 4 rings (SSSR count). The Balaban J connectivity index is 1.77. The molecule has 3 heterocycles. The van der Waals surface area contributed by atoms with Gasteiger partial charge in [0.1, 0.15) is 11.3 Å². The molecule has 0 fully saturated rings. The largest absolute Gasteiger partial charge is 0.436 e. The van der Waals surface area contributed by atoms with Gasteiger partial charge in [0.05, 0.1) is 5.56 Å². The summed E-state index contributed by atoms with van der Waals surface area (Å²) in [6.45, 7) is 0. The van der Waals surface area contributed by atoms with Crippen molar-refractivity contribution in [3.05, 3.63) is 82.0 Å². The molecule has 0 saturated heterocycles. The number of rotatable bonds is 9. The first-order chi connectivity index (χ1) is 17.6. The van der Waals surface area contributed by atoms with Gasteiger partial charge in [-0.2, -0.15) is 17.2 Å². The summed E-state index contributed by atoms with van der Waals surface area (Å²) in [5.74, 6) is -5.76. The molecular weight excluding hydrogens is 540 g/mol. The fourth-order valence-electron chi connectivity index (χ4n) is 3.25. The third-order valence-corrected chi connectivity index (χ3v) is 6.78. The van der Waals surface area contributed by atoms with Crippen LogP contribution in [0, 0.1) is 11.6 Å². The SMILES string of the molecule is CNS(=O)(=O)Nc1nccc(Cc2c(SC(F)F)c3ccc(Oc4ncccc4F)cc3oc2=O)c1F. The van der Waals surface area contributed by atoms with Crippen molar-refractivity contribution < 1.29 is 35.1 Å². The summed E-state index contributed by atoms with van der Waals surface area (Å²) in [5.41, 5.74) is -1.65. The second-order valence-corrected chi connectivity index (χ2v) is 9.86. The van der Waals surface area contributed by atoms with Gasteiger partial charge >= 0.3 is 5.63 Å². The quantitative estimate of drug-likeness (QED) is 0.176. The van der Waals surface area contributed by atoms with Crippen molar-refractivity contribution in [3.63, 3.8) is 0 Å². The molecule has 0 aliphatic rings. The Morgan fingerprint density at radius 3 is 2.62 bits per heavy atom. The molecule has 37 heavy (non-hydrogen) atoms. The molecule has 194 valence electrons. The van der Waals surface area contributed by atoms with E-state index in [1.165, 1.54) is 36.5 Å². The molecule has 4 aromatic rings. The number of hydrogen-bond acceptors (Lipinski definition) is 8. The summed E-state index contributed by atoms with van der Waals surface area (Å²) < 4.78 is 93.7. The zero-order chi connectivity index (χ0) is 26.7. The van der Waals surface area contributed by atoms with E-state index in [1.807, 2.05) is 9.44 Å². The van der Waals surface area contributed by atoms with Crippen LogP contribution < -0.4 is 19.8 Å². The minimum absolute atomic E-state index is 0.0237. The van der Waals surface area contributed by atoms with Gasteiger partial charge in [-0.1, -0.05) is 11.8 Å². The van der Waals surface area contributed by atoms with Crippen LogP contribution in [0.1, 0.15) is 11.1 Å². The van der Waals surface area contributed by atoms with Gasteiger partial charge in [-0.05, 0) is 35.9 Å². The lowest BCUT2D eigenvalue weighted by molar-refractivity contribution is 0.252. The number of benzene rings is 1. The normalized spacial score (nSPS) is 11.7. The number of hydrogen-bond donors (Lipinski definition) is 2. The Kier molecular flexibility index (Phi) is 7.65. The van der Waals surface area contributed by atoms with Crippen LogP contribution in [0.2, 0.25) is 0 Å². The molecule has 2 N–H and O–H groups in total. The van der Waals surface area contributed by atoms with E-state index in [0.29, 0.717) is 0 Å². The Hall–Kier alpha value is -3.69. The van der Waals surface area contributed by atoms with Crippen LogP contribution in [0.4, 0.5) is 23.4 Å². The zero-order valence-electron chi connectivity index (χ0n) is 18.7. The predicted molar refractivity (Wildman–Crippen MR) is 127 cm³/mol. The summed E-state index contributed by atoms with van der Waals surface area (Å²) in [6, 6.07) is 7.54. The highest BCUT2D eigenvalue weighted by Gasteiger charge is 2.23. The third-order valence-electron chi connectivity index (χ3n) is 4.90. The van der Waals surface area contributed by atoms with Crippen molar-refractivity contribution >= 4 is 38.8 Å². The molecule has 0 aliphatic carbocycles. The fourth-order valence-corrected chi connectivity index (χ4v) is 4.52. The number of alkyl halides is 2. The topological polar surface area (TPSA) is 123 Å². The van der Waals surface area contributed by atoms with Crippen LogP contribution >= 0.6 is 11.8 Å². The number of pyridine rings is 2. The number of nitrogens with zero attached hydrogens (tertiary/aromatic N) is 2. The van der Waals surface area contributed by atoms with Gasteiger partial charge in [-0.15, -0.1) is 0 Å². The Morgan fingerprint density at radius 1 is 1.14 bits per heavy atom. The Morgan fingerprint density at radius 2 is 1.92 bits per heavy atom. The van der Waals surface area contributed by atoms with Crippen LogP contribution in [-0.2, 0) is 16.6 Å². The fraction of sp³-hybridized carbons (Fsp3) is 0.136. The van der Waals surface area contributed by atoms with Crippen molar-refractivity contribution in [2.45, 2.75) is 17.1 Å². The predicted octanol–water partition coefficient (Wildman–Crippen LogP) is 4.44. The highest BCUT2D eigenvalue weighted by Crippen LogP contribution is 2.37. The van der Waals surface area contributed by atoms with Crippen LogP contribution in [0.5, 0.6) is 11.6 Å². The minimum Gasteiger partial charge on any atom is -0.436 e. The van der Waals surface area contributed by atoms with Crippen molar-refractivity contribution in [1.82, 2.24) is 14.7 Å². The number of nitrogens with one attached hydrogen (secondary N) is 2. The highest BCUT2D eigenvalue weighted by molar-refractivity contribution is 7.99. The minimum atomic E-state index is -4.10. The Bertz CT molecular complexity index is 1630. The van der Waals surface area contributed by atoms with E-state index in [2.05, 4.69) is 9.97 Å². The molecule has 1 aromatic carbocycles. The van der Waals surface area contributed by atoms with E-state index < -0.39 is 45.5 Å². The maximum atomic E-state index is 15.0. The van der Waals surface area contributed by atoms with Crippen LogP contribution in [0.15, 0.2) is 62.9 Å². The van der Waals surface area contributed by atoms with Crippen molar-refractivity contribution in [2.75, 3.05) is 11.8 Å². The number of fused-ring (bicyclic) bond motifs is 1. The first-order valence-electron chi connectivity index (χ1n) is 10.3. The van der Waals surface area contributed by atoms with E-state index in [1.54, 1.807) is 0 Å². The summed E-state index contributed by atoms with van der Waals surface area (Å²) >= 11 is 0.0579. The maximum absolute atomic E-state index is 15.0. The second kappa shape index (κ2) is 10.7. The van der Waals surface area contributed by atoms with Gasteiger partial charge < -0.3 is 9.15 Å². The molecule has 0 bridgehead atoms. The molecule has 15 heteroatoms. The van der Waals surface area contributed by atoms with Crippen LogP contribution in [0.3, 0.4) is 0 Å². The molecule has 0 atom stereocenters. The van der Waals surface area contributed by atoms with E-state index in [4.69, 9.17) is 9.15 Å². The van der Waals surface area contributed by atoms with Crippen molar-refractivity contribution in [3.8, 4) is 11.6 Å². The molecule has 0 unspecified atom stereocenters. The van der Waals surface area contributed by atoms with E-state index in [-0.39, 0.29) is 50.4 Å². The van der Waals surface area contributed by atoms with Crippen LogP contribution in [0.25, 0.3) is 11.0 Å². The van der Waals surface area contributed by atoms with Gasteiger partial charge in [-0.3, -0.25) is 4.72 Å². The van der Waals surface area contributed by atoms with Gasteiger partial charge in [0.15, 0.2) is 17.5 Å². The van der Waals surface area contributed by atoms with Gasteiger partial charge in [-0.25, -0.2) is 28.3 Å². The zero-order valence-corrected chi connectivity index (χ0v) is 20.3. The van der Waals surface area contributed by atoms with E-state index in [9.17, 15) is 30.8 Å². The first kappa shape index (κ1) is 26.4. The molecule has 0 amide bonds. The lowest BCUT2D eigenvalue weighted by Crippen LogP contribution is -2.27. The number of aromatic nitrogens is 2. The third kappa shape index (κ3) is 6.00. The average molecular weight is 557 g/mol. The van der Waals surface area contributed by atoms with Crippen LogP contribution in [-0.4, -0.2) is 31.2 Å². The number of halogens is 4. The molecule has 0 saturated carbocycles. The summed E-state index contributed by atoms with van der Waals surface area (Å²) in [5, 5.41) is 0.0966. The standard InChI is InChI=1S/C22H16F4N4O5S2/c1-27-37(32,33)30-19-17(24)11(6-8-28-19)9-14-18(36-22(25)26)13-5-4-12(10-16(13)35-21(14)31)34-20-15(23)3-2-7-29-20/h2-8,10,22,27H,9H2,1H3,(H,28,30). The molecule has 9 nitrogen and oxygen atoms in total. The Labute approximate surface area is 211 Å². The van der Waals surface area contributed by atoms with E-state index in [0.717, 1.165) is 19.3 Å². The van der Waals surface area contributed by atoms with Gasteiger partial charge in [0.2, 0.25) is 0 Å². The monoisotopic (exact) mass is 556 g/mol. The summed E-state index contributed by atoms with van der Waals surface area (Å²) in [7, 11) is -3.00. The number of ether oxygens (including phenoxy) is 1. The maximum Gasteiger partial charge on any atom is 0.340 e. The van der Waals surface area contributed by atoms with Gasteiger partial charge in [0, 0.05) is 42.2 Å². The lowest BCUT2D eigenvalue weighted by Gasteiger charge is -2.13. The highest BCUT2D eigenvalue weighted by atomic mass is 32.2.